The Hall–Kier alpha value is -4.11. The molecular formula is C36H40N2O5S. The normalized spacial score (nSPS) is 14.5. The molecule has 230 valence electrons. The van der Waals surface area contributed by atoms with Gasteiger partial charge in [-0.05, 0) is 35.1 Å². The zero-order valence-electron chi connectivity index (χ0n) is 24.6. The molecule has 4 rings (SSSR count). The zero-order chi connectivity index (χ0) is 31.1. The van der Waals surface area contributed by atoms with E-state index >= 15 is 0 Å². The zero-order valence-corrected chi connectivity index (χ0v) is 25.4. The maximum absolute atomic E-state index is 13.8. The predicted octanol–water partition coefficient (Wildman–Crippen LogP) is 4.15. The summed E-state index contributed by atoms with van der Waals surface area (Å²) in [5.41, 5.74) is 3.41. The van der Waals surface area contributed by atoms with Crippen LogP contribution in [0.5, 0.6) is 0 Å². The molecule has 2 amide bonds. The van der Waals surface area contributed by atoms with E-state index in [0.717, 1.165) is 22.3 Å². The third kappa shape index (κ3) is 9.98. The Bertz CT molecular complexity index is 1340. The number of amides is 2. The highest BCUT2D eigenvalue weighted by Gasteiger charge is 2.29. The standard InChI is InChI=1S/C36H40N2O5S/c39-23-33(29-17-9-3-10-18-29)37-35(41)31(21-27-13-5-1-6-14-27)25-44(43)26-32(22-28-15-7-2-8-16-28)36(42)38-34(24-40)30-19-11-4-12-20-30/h1-20,31-34,39-40H,21-26H2,(H,37,41)(H,38,42)/t31-,32-,33-,34?,44?/m1/s1. The summed E-state index contributed by atoms with van der Waals surface area (Å²) in [5, 5.41) is 26.0. The summed E-state index contributed by atoms with van der Waals surface area (Å²) in [6.07, 6.45) is 0.725. The van der Waals surface area contributed by atoms with Gasteiger partial charge in [0.1, 0.15) is 0 Å². The lowest BCUT2D eigenvalue weighted by Crippen LogP contribution is -2.41. The number of rotatable bonds is 16. The van der Waals surface area contributed by atoms with Gasteiger partial charge in [0.25, 0.3) is 0 Å². The average molecular weight is 613 g/mol. The molecule has 0 radical (unpaired) electrons. The van der Waals surface area contributed by atoms with Gasteiger partial charge in [-0.3, -0.25) is 13.8 Å². The highest BCUT2D eigenvalue weighted by Crippen LogP contribution is 2.19. The molecule has 8 heteroatoms. The molecule has 0 aliphatic rings. The van der Waals surface area contributed by atoms with E-state index < -0.39 is 34.7 Å². The van der Waals surface area contributed by atoms with Gasteiger partial charge in [0.05, 0.1) is 37.1 Å². The van der Waals surface area contributed by atoms with E-state index in [0.29, 0.717) is 12.8 Å². The largest absolute Gasteiger partial charge is 0.394 e. The van der Waals surface area contributed by atoms with Crippen LogP contribution in [0.4, 0.5) is 0 Å². The quantitative estimate of drug-likeness (QED) is 0.152. The number of aliphatic hydroxyl groups excluding tert-OH is 2. The maximum atomic E-state index is 13.8. The molecule has 2 unspecified atom stereocenters. The summed E-state index contributed by atoms with van der Waals surface area (Å²) in [6.45, 7) is -0.548. The van der Waals surface area contributed by atoms with Crippen LogP contribution in [0.2, 0.25) is 0 Å². The minimum absolute atomic E-state index is 0.0499. The van der Waals surface area contributed by atoms with Gasteiger partial charge in [-0.15, -0.1) is 0 Å². The number of hydrogen-bond donors (Lipinski definition) is 4. The molecular weight excluding hydrogens is 572 g/mol. The number of aliphatic hydroxyl groups is 2. The fourth-order valence-corrected chi connectivity index (χ4v) is 6.76. The van der Waals surface area contributed by atoms with E-state index in [4.69, 9.17) is 0 Å². The molecule has 0 saturated carbocycles. The first-order chi connectivity index (χ1) is 21.5. The van der Waals surface area contributed by atoms with Gasteiger partial charge in [0.15, 0.2) is 0 Å². The van der Waals surface area contributed by atoms with Crippen LogP contribution in [0.15, 0.2) is 121 Å². The average Bonchev–Trinajstić information content (AvgIpc) is 3.07. The molecule has 0 aliphatic carbocycles. The van der Waals surface area contributed by atoms with Crippen molar-refractivity contribution >= 4 is 22.6 Å². The van der Waals surface area contributed by atoms with Crippen molar-refractivity contribution in [2.24, 2.45) is 11.8 Å². The van der Waals surface area contributed by atoms with E-state index in [-0.39, 0.29) is 36.5 Å². The lowest BCUT2D eigenvalue weighted by molar-refractivity contribution is -0.126. The molecule has 0 aliphatic heterocycles. The van der Waals surface area contributed by atoms with Crippen LogP contribution < -0.4 is 10.6 Å². The SMILES string of the molecule is O=C(NC(CO)c1ccccc1)[C@H](Cc1ccccc1)CS(=O)C[C@@H](Cc1ccccc1)C(=O)N[C@H](CO)c1ccccc1. The molecule has 5 atom stereocenters. The van der Waals surface area contributed by atoms with Gasteiger partial charge in [0, 0.05) is 22.3 Å². The van der Waals surface area contributed by atoms with Crippen molar-refractivity contribution in [1.82, 2.24) is 10.6 Å². The molecule has 4 aromatic rings. The number of benzene rings is 4. The minimum atomic E-state index is -1.54. The first kappa shape index (κ1) is 32.8. The summed E-state index contributed by atoms with van der Waals surface area (Å²) in [5.74, 6) is -1.81. The van der Waals surface area contributed by atoms with Crippen molar-refractivity contribution in [1.29, 1.82) is 0 Å². The van der Waals surface area contributed by atoms with Crippen LogP contribution in [0.1, 0.15) is 34.3 Å². The highest BCUT2D eigenvalue weighted by molar-refractivity contribution is 7.85. The van der Waals surface area contributed by atoms with Gasteiger partial charge in [0.2, 0.25) is 11.8 Å². The van der Waals surface area contributed by atoms with Gasteiger partial charge >= 0.3 is 0 Å². The monoisotopic (exact) mass is 612 g/mol. The van der Waals surface area contributed by atoms with Crippen LogP contribution in [0.25, 0.3) is 0 Å². The second kappa shape index (κ2) is 17.3. The molecule has 0 saturated heterocycles. The third-order valence-electron chi connectivity index (χ3n) is 7.57. The molecule has 7 nitrogen and oxygen atoms in total. The van der Waals surface area contributed by atoms with Crippen molar-refractivity contribution in [3.63, 3.8) is 0 Å². The Labute approximate surface area is 261 Å². The van der Waals surface area contributed by atoms with Crippen LogP contribution in [-0.4, -0.2) is 51.0 Å². The minimum Gasteiger partial charge on any atom is -0.394 e. The van der Waals surface area contributed by atoms with Crippen molar-refractivity contribution in [2.75, 3.05) is 24.7 Å². The van der Waals surface area contributed by atoms with E-state index in [1.807, 2.05) is 121 Å². The second-order valence-electron chi connectivity index (χ2n) is 10.9. The van der Waals surface area contributed by atoms with Crippen molar-refractivity contribution in [3.8, 4) is 0 Å². The van der Waals surface area contributed by atoms with Gasteiger partial charge in [-0.1, -0.05) is 121 Å². The molecule has 44 heavy (non-hydrogen) atoms. The van der Waals surface area contributed by atoms with Crippen LogP contribution in [-0.2, 0) is 33.2 Å². The first-order valence-corrected chi connectivity index (χ1v) is 16.3. The Morgan fingerprint density at radius 2 is 0.864 bits per heavy atom. The second-order valence-corrected chi connectivity index (χ2v) is 12.4. The molecule has 0 bridgehead atoms. The fourth-order valence-electron chi connectivity index (χ4n) is 5.19. The van der Waals surface area contributed by atoms with Gasteiger partial charge < -0.3 is 20.8 Å². The summed E-state index contributed by atoms with van der Waals surface area (Å²) in [7, 11) is -1.54. The van der Waals surface area contributed by atoms with Crippen LogP contribution in [0.3, 0.4) is 0 Å². The van der Waals surface area contributed by atoms with Crippen LogP contribution in [0, 0.1) is 11.8 Å². The molecule has 0 spiro atoms. The lowest BCUT2D eigenvalue weighted by atomic mass is 9.99. The topological polar surface area (TPSA) is 116 Å². The van der Waals surface area contributed by atoms with Gasteiger partial charge in [-0.25, -0.2) is 0 Å². The van der Waals surface area contributed by atoms with Crippen LogP contribution >= 0.6 is 0 Å². The number of hydrogen-bond acceptors (Lipinski definition) is 5. The lowest BCUT2D eigenvalue weighted by Gasteiger charge is -2.24. The molecule has 0 heterocycles. The predicted molar refractivity (Wildman–Crippen MR) is 174 cm³/mol. The Morgan fingerprint density at radius 1 is 0.545 bits per heavy atom. The maximum Gasteiger partial charge on any atom is 0.224 e. The summed E-state index contributed by atoms with van der Waals surface area (Å²) < 4.78 is 13.8. The van der Waals surface area contributed by atoms with Crippen molar-refractivity contribution in [3.05, 3.63) is 144 Å². The van der Waals surface area contributed by atoms with E-state index in [1.165, 1.54) is 0 Å². The van der Waals surface area contributed by atoms with E-state index in [2.05, 4.69) is 10.6 Å². The fraction of sp³-hybridized carbons (Fsp3) is 0.278. The Morgan fingerprint density at radius 3 is 1.18 bits per heavy atom. The Kier molecular flexibility index (Phi) is 12.9. The third-order valence-corrected chi connectivity index (χ3v) is 9.12. The molecule has 4 aromatic carbocycles. The van der Waals surface area contributed by atoms with E-state index in [1.54, 1.807) is 0 Å². The number of nitrogens with one attached hydrogen (secondary N) is 2. The van der Waals surface area contributed by atoms with Crippen molar-refractivity contribution < 1.29 is 24.0 Å². The van der Waals surface area contributed by atoms with Gasteiger partial charge in [-0.2, -0.15) is 0 Å². The van der Waals surface area contributed by atoms with E-state index in [9.17, 15) is 24.0 Å². The smallest absolute Gasteiger partial charge is 0.224 e. The molecule has 0 aromatic heterocycles. The number of carbonyl (C=O) groups is 2. The summed E-state index contributed by atoms with van der Waals surface area (Å²) >= 11 is 0. The first-order valence-electron chi connectivity index (χ1n) is 14.8. The summed E-state index contributed by atoms with van der Waals surface area (Å²) in [6, 6.07) is 36.4. The van der Waals surface area contributed by atoms with Crippen molar-refractivity contribution in [2.45, 2.75) is 24.9 Å². The Balaban J connectivity index is 1.51. The molecule has 4 N–H and O–H groups in total. The summed E-state index contributed by atoms with van der Waals surface area (Å²) in [4.78, 5) is 27.2. The highest BCUT2D eigenvalue weighted by atomic mass is 32.2. The number of carbonyl (C=O) groups excluding carboxylic acids is 2. The molecule has 0 fully saturated rings.